The molecule has 0 saturated carbocycles. The zero-order chi connectivity index (χ0) is 17.1. The van der Waals surface area contributed by atoms with Crippen molar-refractivity contribution in [3.05, 3.63) is 70.9 Å². The molecule has 4 nitrogen and oxygen atoms in total. The summed E-state index contributed by atoms with van der Waals surface area (Å²) in [6.07, 6.45) is 4.97. The predicted octanol–water partition coefficient (Wildman–Crippen LogP) is 4.68. The van der Waals surface area contributed by atoms with Gasteiger partial charge in [-0.1, -0.05) is 35.9 Å². The average molecular weight is 339 g/mol. The van der Waals surface area contributed by atoms with Gasteiger partial charge in [0, 0.05) is 40.3 Å². The molecule has 1 heterocycles. The maximum Gasteiger partial charge on any atom is 0.221 e. The number of amides is 1. The summed E-state index contributed by atoms with van der Waals surface area (Å²) in [6, 6.07) is 12.6. The number of carbonyl (C=O) groups is 2. The van der Waals surface area contributed by atoms with Crippen LogP contribution in [-0.2, 0) is 4.79 Å². The van der Waals surface area contributed by atoms with E-state index in [9.17, 15) is 9.59 Å². The molecule has 0 radical (unpaired) electrons. The fourth-order valence-corrected chi connectivity index (χ4v) is 2.62. The number of carbonyl (C=O) groups excluding carboxylic acids is 2. The van der Waals surface area contributed by atoms with Crippen LogP contribution in [-0.4, -0.2) is 16.7 Å². The second-order valence-electron chi connectivity index (χ2n) is 5.39. The first-order valence-corrected chi connectivity index (χ1v) is 7.77. The summed E-state index contributed by atoms with van der Waals surface area (Å²) in [5, 5.41) is 4.16. The third kappa shape index (κ3) is 3.55. The number of benzene rings is 2. The molecule has 0 aliphatic rings. The maximum atomic E-state index is 12.4. The minimum Gasteiger partial charge on any atom is -0.360 e. The normalized spacial score (nSPS) is 11.1. The Hall–Kier alpha value is -2.85. The van der Waals surface area contributed by atoms with E-state index in [4.69, 9.17) is 11.6 Å². The molecule has 24 heavy (non-hydrogen) atoms. The van der Waals surface area contributed by atoms with Crippen molar-refractivity contribution >= 4 is 46.0 Å². The third-order valence-corrected chi connectivity index (χ3v) is 3.80. The minimum atomic E-state index is -0.118. The molecule has 3 aromatic rings. The van der Waals surface area contributed by atoms with Gasteiger partial charge in [-0.2, -0.15) is 0 Å². The van der Waals surface area contributed by atoms with Crippen LogP contribution in [0.1, 0.15) is 22.8 Å². The smallest absolute Gasteiger partial charge is 0.221 e. The summed E-state index contributed by atoms with van der Waals surface area (Å²) in [5.74, 6) is -0.206. The summed E-state index contributed by atoms with van der Waals surface area (Å²) in [6.45, 7) is 1.46. The van der Waals surface area contributed by atoms with Gasteiger partial charge in [-0.05, 0) is 35.9 Å². The predicted molar refractivity (Wildman–Crippen MR) is 97.4 cm³/mol. The van der Waals surface area contributed by atoms with Crippen molar-refractivity contribution in [1.29, 1.82) is 0 Å². The van der Waals surface area contributed by atoms with E-state index in [-0.39, 0.29) is 11.7 Å². The number of fused-ring (bicyclic) bond motifs is 1. The first-order valence-electron chi connectivity index (χ1n) is 7.39. The fraction of sp³-hybridized carbons (Fsp3) is 0.0526. The Labute approximate surface area is 144 Å². The van der Waals surface area contributed by atoms with Crippen LogP contribution in [0.15, 0.2) is 54.7 Å². The number of hydrogen-bond acceptors (Lipinski definition) is 2. The van der Waals surface area contributed by atoms with E-state index in [0.717, 1.165) is 22.2 Å². The van der Waals surface area contributed by atoms with Crippen LogP contribution >= 0.6 is 11.6 Å². The van der Waals surface area contributed by atoms with E-state index in [1.807, 2.05) is 18.2 Å². The Morgan fingerprint density at radius 2 is 1.88 bits per heavy atom. The standard InChI is InChI=1S/C19H15ClN2O2/c1-12(23)22-15-6-2-13(3-7-15)4-9-19(24)17-11-21-18-10-14(20)5-8-16(17)18/h2-11,21H,1H3,(H,22,23)/b9-4+. The summed E-state index contributed by atoms with van der Waals surface area (Å²) < 4.78 is 0. The van der Waals surface area contributed by atoms with Crippen LogP contribution in [0.4, 0.5) is 5.69 Å². The number of hydrogen-bond donors (Lipinski definition) is 2. The molecule has 2 N–H and O–H groups in total. The van der Waals surface area contributed by atoms with Crippen molar-refractivity contribution in [1.82, 2.24) is 4.98 Å². The van der Waals surface area contributed by atoms with Crippen LogP contribution in [0.2, 0.25) is 5.02 Å². The zero-order valence-corrected chi connectivity index (χ0v) is 13.7. The van der Waals surface area contributed by atoms with Crippen molar-refractivity contribution in [2.75, 3.05) is 5.32 Å². The lowest BCUT2D eigenvalue weighted by atomic mass is 10.1. The third-order valence-electron chi connectivity index (χ3n) is 3.57. The van der Waals surface area contributed by atoms with Gasteiger partial charge in [0.15, 0.2) is 5.78 Å². The van der Waals surface area contributed by atoms with E-state index >= 15 is 0 Å². The molecule has 120 valence electrons. The molecule has 0 fully saturated rings. The highest BCUT2D eigenvalue weighted by Crippen LogP contribution is 2.23. The molecular formula is C19H15ClN2O2. The Kier molecular flexibility index (Phi) is 4.49. The van der Waals surface area contributed by atoms with E-state index < -0.39 is 0 Å². The first kappa shape index (κ1) is 16.0. The van der Waals surface area contributed by atoms with E-state index in [1.165, 1.54) is 13.0 Å². The van der Waals surface area contributed by atoms with Gasteiger partial charge in [0.1, 0.15) is 0 Å². The van der Waals surface area contributed by atoms with Crippen molar-refractivity contribution < 1.29 is 9.59 Å². The quantitative estimate of drug-likeness (QED) is 0.536. The molecule has 5 heteroatoms. The molecule has 0 aliphatic carbocycles. The summed E-state index contributed by atoms with van der Waals surface area (Å²) in [7, 11) is 0. The highest BCUT2D eigenvalue weighted by molar-refractivity contribution is 6.31. The first-order chi connectivity index (χ1) is 11.5. The number of ketones is 1. The summed E-state index contributed by atoms with van der Waals surface area (Å²) in [4.78, 5) is 26.4. The second kappa shape index (κ2) is 6.72. The van der Waals surface area contributed by atoms with Crippen LogP contribution in [0.5, 0.6) is 0 Å². The Morgan fingerprint density at radius 1 is 1.12 bits per heavy atom. The number of nitrogens with one attached hydrogen (secondary N) is 2. The van der Waals surface area contributed by atoms with E-state index in [2.05, 4.69) is 10.3 Å². The lowest BCUT2D eigenvalue weighted by Crippen LogP contribution is -2.05. The van der Waals surface area contributed by atoms with Gasteiger partial charge < -0.3 is 10.3 Å². The van der Waals surface area contributed by atoms with Crippen LogP contribution in [0, 0.1) is 0 Å². The molecular weight excluding hydrogens is 324 g/mol. The van der Waals surface area contributed by atoms with Crippen molar-refractivity contribution in [2.24, 2.45) is 0 Å². The molecule has 0 aliphatic heterocycles. The topological polar surface area (TPSA) is 62.0 Å². The summed E-state index contributed by atoms with van der Waals surface area (Å²) >= 11 is 5.95. The fourth-order valence-electron chi connectivity index (χ4n) is 2.44. The molecule has 0 saturated heterocycles. The highest BCUT2D eigenvalue weighted by Gasteiger charge is 2.09. The van der Waals surface area contributed by atoms with Crippen molar-refractivity contribution in [2.45, 2.75) is 6.92 Å². The summed E-state index contributed by atoms with van der Waals surface area (Å²) in [5.41, 5.74) is 3.03. The average Bonchev–Trinajstić information content (AvgIpc) is 2.96. The van der Waals surface area contributed by atoms with Crippen LogP contribution < -0.4 is 5.32 Å². The Bertz CT molecular complexity index is 940. The zero-order valence-electron chi connectivity index (χ0n) is 13.0. The van der Waals surface area contributed by atoms with E-state index in [1.54, 1.807) is 36.5 Å². The Morgan fingerprint density at radius 3 is 2.58 bits per heavy atom. The number of rotatable bonds is 4. The minimum absolute atomic E-state index is 0.0884. The van der Waals surface area contributed by atoms with Crippen molar-refractivity contribution in [3.8, 4) is 0 Å². The van der Waals surface area contributed by atoms with Gasteiger partial charge in [0.2, 0.25) is 5.91 Å². The molecule has 0 unspecified atom stereocenters. The number of aromatic amines is 1. The highest BCUT2D eigenvalue weighted by atomic mass is 35.5. The number of halogens is 1. The molecule has 1 amide bonds. The monoisotopic (exact) mass is 338 g/mol. The van der Waals surface area contributed by atoms with Gasteiger partial charge in [0.25, 0.3) is 0 Å². The molecule has 0 spiro atoms. The van der Waals surface area contributed by atoms with Gasteiger partial charge in [-0.3, -0.25) is 9.59 Å². The van der Waals surface area contributed by atoms with E-state index in [0.29, 0.717) is 10.6 Å². The van der Waals surface area contributed by atoms with Gasteiger partial charge in [-0.15, -0.1) is 0 Å². The number of anilines is 1. The largest absolute Gasteiger partial charge is 0.360 e. The molecule has 1 aromatic heterocycles. The SMILES string of the molecule is CC(=O)Nc1ccc(/C=C/C(=O)c2c[nH]c3cc(Cl)ccc23)cc1. The second-order valence-corrected chi connectivity index (χ2v) is 5.83. The molecule has 2 aromatic carbocycles. The maximum absolute atomic E-state index is 12.4. The van der Waals surface area contributed by atoms with Gasteiger partial charge in [-0.25, -0.2) is 0 Å². The molecule has 3 rings (SSSR count). The number of allylic oxidation sites excluding steroid dienone is 1. The molecule has 0 atom stereocenters. The van der Waals surface area contributed by atoms with Crippen LogP contribution in [0.25, 0.3) is 17.0 Å². The Balaban J connectivity index is 1.78. The lowest BCUT2D eigenvalue weighted by Gasteiger charge is -2.01. The molecule has 0 bridgehead atoms. The van der Waals surface area contributed by atoms with Crippen LogP contribution in [0.3, 0.4) is 0 Å². The van der Waals surface area contributed by atoms with Gasteiger partial charge in [0.05, 0.1) is 0 Å². The number of H-pyrrole nitrogens is 1. The van der Waals surface area contributed by atoms with Gasteiger partial charge >= 0.3 is 0 Å². The number of aromatic nitrogens is 1. The lowest BCUT2D eigenvalue weighted by molar-refractivity contribution is -0.114. The van der Waals surface area contributed by atoms with Crippen molar-refractivity contribution in [3.63, 3.8) is 0 Å².